The van der Waals surface area contributed by atoms with Gasteiger partial charge in [0.1, 0.15) is 0 Å². The summed E-state index contributed by atoms with van der Waals surface area (Å²) in [5, 5.41) is 0. The van der Waals surface area contributed by atoms with E-state index in [9.17, 15) is 0 Å². The number of nitrogens with two attached hydrogens (primary N) is 1. The Balaban J connectivity index is 1.49. The zero-order chi connectivity index (χ0) is 33.6. The Morgan fingerprint density at radius 1 is 0.833 bits per heavy atom. The molecule has 0 saturated carbocycles. The molecule has 4 heteroatoms. The number of pyridine rings is 1. The molecular formula is C44H39N4+. The number of allylic oxidation sites excluding steroid dienone is 6. The quantitative estimate of drug-likeness (QED) is 0.118. The molecule has 1 aliphatic heterocycles. The van der Waals surface area contributed by atoms with Gasteiger partial charge in [0.25, 0.3) is 6.21 Å². The van der Waals surface area contributed by atoms with Crippen LogP contribution in [0.15, 0.2) is 135 Å². The Morgan fingerprint density at radius 2 is 1.58 bits per heavy atom. The lowest BCUT2D eigenvalue weighted by atomic mass is 9.95. The van der Waals surface area contributed by atoms with Crippen molar-refractivity contribution >= 4 is 41.3 Å². The van der Waals surface area contributed by atoms with E-state index >= 15 is 0 Å². The molecule has 0 radical (unpaired) electrons. The first-order valence-electron chi connectivity index (χ1n) is 16.0. The minimum atomic E-state index is 0.450. The highest BCUT2D eigenvalue weighted by Crippen LogP contribution is 2.39. The van der Waals surface area contributed by atoms with Gasteiger partial charge < -0.3 is 10.3 Å². The second-order valence-electron chi connectivity index (χ2n) is 11.6. The molecule has 0 atom stereocenters. The number of rotatable bonds is 11. The van der Waals surface area contributed by atoms with Crippen molar-refractivity contribution in [2.45, 2.75) is 13.8 Å². The van der Waals surface area contributed by atoms with E-state index in [1.54, 1.807) is 6.21 Å². The Kier molecular flexibility index (Phi) is 9.40. The first-order valence-corrected chi connectivity index (χ1v) is 16.0. The number of para-hydroxylation sites is 1. The maximum atomic E-state index is 5.84. The van der Waals surface area contributed by atoms with Gasteiger partial charge >= 0.3 is 6.21 Å². The lowest BCUT2D eigenvalue weighted by molar-refractivity contribution is 1.06. The SMILES string of the molecule is C=C/C(=C\CN)c1cccc(/C(C=C)=C/c2c(C)c(C)c(-c3ccc(-c4ccc(C5=CC=[N+]=C5)nc4)cc3C=C)n2-c2ccccc2)c1. The Hall–Kier alpha value is -6.06. The van der Waals surface area contributed by atoms with Gasteiger partial charge in [-0.25, -0.2) is 0 Å². The van der Waals surface area contributed by atoms with Crippen LogP contribution in [-0.2, 0) is 0 Å². The topological polar surface area (TPSA) is 57.9 Å². The predicted molar refractivity (Wildman–Crippen MR) is 208 cm³/mol. The first kappa shape index (κ1) is 31.9. The van der Waals surface area contributed by atoms with Crippen LogP contribution in [0, 0.1) is 13.8 Å². The van der Waals surface area contributed by atoms with Crippen LogP contribution in [0.1, 0.15) is 39.2 Å². The van der Waals surface area contributed by atoms with E-state index in [1.807, 2.05) is 54.9 Å². The number of aromatic nitrogens is 2. The van der Waals surface area contributed by atoms with Crippen molar-refractivity contribution in [3.8, 4) is 28.1 Å². The summed E-state index contributed by atoms with van der Waals surface area (Å²) >= 11 is 0. The van der Waals surface area contributed by atoms with Gasteiger partial charge in [0.2, 0.25) is 0 Å². The monoisotopic (exact) mass is 623 g/mol. The molecule has 0 fully saturated rings. The summed E-state index contributed by atoms with van der Waals surface area (Å²) in [7, 11) is 0. The van der Waals surface area contributed by atoms with Crippen molar-refractivity contribution in [3.63, 3.8) is 0 Å². The van der Waals surface area contributed by atoms with E-state index < -0.39 is 0 Å². The molecule has 6 rings (SSSR count). The summed E-state index contributed by atoms with van der Waals surface area (Å²) in [6, 6.07) is 29.7. The Morgan fingerprint density at radius 3 is 2.23 bits per heavy atom. The maximum absolute atomic E-state index is 5.84. The molecule has 234 valence electrons. The maximum Gasteiger partial charge on any atom is 0.302 e. The molecule has 3 heterocycles. The molecule has 5 aromatic rings. The van der Waals surface area contributed by atoms with Crippen LogP contribution in [0.25, 0.3) is 56.9 Å². The van der Waals surface area contributed by atoms with E-state index in [2.05, 4.69) is 122 Å². The van der Waals surface area contributed by atoms with Gasteiger partial charge in [-0.1, -0.05) is 98.6 Å². The third-order valence-electron chi connectivity index (χ3n) is 8.85. The second kappa shape index (κ2) is 14.1. The molecule has 2 aromatic heterocycles. The second-order valence-corrected chi connectivity index (χ2v) is 11.6. The third-order valence-corrected chi connectivity index (χ3v) is 8.85. The molecule has 48 heavy (non-hydrogen) atoms. The minimum absolute atomic E-state index is 0.450. The lowest BCUT2D eigenvalue weighted by Crippen LogP contribution is -2.01. The molecular weight excluding hydrogens is 585 g/mol. The normalized spacial score (nSPS) is 12.7. The summed E-state index contributed by atoms with van der Waals surface area (Å²) in [4.78, 5) is 4.71. The summed E-state index contributed by atoms with van der Waals surface area (Å²) in [5.41, 5.74) is 21.9. The average molecular weight is 624 g/mol. The molecule has 0 spiro atoms. The van der Waals surface area contributed by atoms with Crippen LogP contribution >= 0.6 is 0 Å². The number of hydrogen-bond acceptors (Lipinski definition) is 2. The number of benzene rings is 3. The van der Waals surface area contributed by atoms with E-state index in [4.69, 9.17) is 10.7 Å². The van der Waals surface area contributed by atoms with E-state index in [1.165, 1.54) is 11.1 Å². The van der Waals surface area contributed by atoms with Gasteiger partial charge in [0, 0.05) is 35.6 Å². The lowest BCUT2D eigenvalue weighted by Gasteiger charge is -2.17. The summed E-state index contributed by atoms with van der Waals surface area (Å²) in [6.45, 7) is 17.3. The van der Waals surface area contributed by atoms with Crippen molar-refractivity contribution in [1.82, 2.24) is 14.2 Å². The minimum Gasteiger partial charge on any atom is -0.327 e. The van der Waals surface area contributed by atoms with Crippen molar-refractivity contribution in [2.75, 3.05) is 6.54 Å². The molecule has 0 saturated heterocycles. The van der Waals surface area contributed by atoms with Gasteiger partial charge in [0.15, 0.2) is 0 Å². The summed E-state index contributed by atoms with van der Waals surface area (Å²) in [5.74, 6) is 0. The van der Waals surface area contributed by atoms with Crippen molar-refractivity contribution in [2.24, 2.45) is 5.73 Å². The van der Waals surface area contributed by atoms with E-state index in [-0.39, 0.29) is 0 Å². The average Bonchev–Trinajstić information content (AvgIpc) is 3.76. The fourth-order valence-corrected chi connectivity index (χ4v) is 6.20. The highest BCUT2D eigenvalue weighted by Gasteiger charge is 2.21. The van der Waals surface area contributed by atoms with E-state index in [0.717, 1.165) is 72.9 Å². The van der Waals surface area contributed by atoms with Crippen molar-refractivity contribution < 1.29 is 0 Å². The molecule has 0 aliphatic carbocycles. The molecule has 0 unspecified atom stereocenters. The van der Waals surface area contributed by atoms with Gasteiger partial charge in [-0.2, -0.15) is 0 Å². The molecule has 0 bridgehead atoms. The fraction of sp³-hybridized carbons (Fsp3) is 0.0682. The molecule has 2 N–H and O–H groups in total. The molecule has 3 aromatic carbocycles. The van der Waals surface area contributed by atoms with Crippen molar-refractivity contribution in [3.05, 3.63) is 174 Å². The van der Waals surface area contributed by atoms with Crippen LogP contribution in [0.3, 0.4) is 0 Å². The fourth-order valence-electron chi connectivity index (χ4n) is 6.20. The largest absolute Gasteiger partial charge is 0.327 e. The standard InChI is InChI=1S/C44H39N4/c1-6-32(21-23-45)35-13-12-14-36(26-35)33(7-2)27-43-30(4)31(5)44(48(43)40-15-10-9-11-16-40)41-19-17-37(25-34(41)8-3)38-18-20-42(47-29-38)39-22-24-46-28-39/h6-22,24-29H,1-3,23,45H2,4-5H3/q+1/b32-21+,33-27+. The number of nitrogens with zero attached hydrogens (tertiary/aromatic N) is 3. The molecule has 0 amide bonds. The first-order chi connectivity index (χ1) is 23.5. The zero-order valence-corrected chi connectivity index (χ0v) is 27.5. The Bertz CT molecular complexity index is 2200. The van der Waals surface area contributed by atoms with Gasteiger partial charge in [-0.05, 0) is 94.8 Å². The van der Waals surface area contributed by atoms with E-state index in [0.29, 0.717) is 6.54 Å². The molecule has 1 aliphatic rings. The van der Waals surface area contributed by atoms with Gasteiger partial charge in [-0.3, -0.25) is 4.98 Å². The highest BCUT2D eigenvalue weighted by atomic mass is 15.0. The van der Waals surface area contributed by atoms with Gasteiger partial charge in [-0.15, -0.1) is 4.67 Å². The summed E-state index contributed by atoms with van der Waals surface area (Å²) in [6.07, 6.45) is 17.4. The van der Waals surface area contributed by atoms with Crippen LogP contribution in [0.2, 0.25) is 0 Å². The smallest absolute Gasteiger partial charge is 0.302 e. The highest BCUT2D eigenvalue weighted by molar-refractivity contribution is 6.16. The predicted octanol–water partition coefficient (Wildman–Crippen LogP) is 9.33. The Labute approximate surface area is 283 Å². The van der Waals surface area contributed by atoms with Crippen molar-refractivity contribution in [1.29, 1.82) is 0 Å². The number of hydrogen-bond donors (Lipinski definition) is 1. The van der Waals surface area contributed by atoms with Gasteiger partial charge in [0.05, 0.1) is 22.7 Å². The zero-order valence-electron chi connectivity index (χ0n) is 27.5. The van der Waals surface area contributed by atoms with Crippen LogP contribution in [0.4, 0.5) is 0 Å². The molecule has 4 nitrogen and oxygen atoms in total. The summed E-state index contributed by atoms with van der Waals surface area (Å²) < 4.78 is 6.52. The van der Waals surface area contributed by atoms with Crippen LogP contribution < -0.4 is 10.4 Å². The van der Waals surface area contributed by atoms with Crippen LogP contribution in [0.5, 0.6) is 0 Å². The van der Waals surface area contributed by atoms with Crippen LogP contribution in [-0.4, -0.2) is 28.5 Å². The third kappa shape index (κ3) is 6.19.